The lowest BCUT2D eigenvalue weighted by atomic mass is 10.2. The minimum atomic E-state index is -0.585. The van der Waals surface area contributed by atoms with Crippen molar-refractivity contribution in [3.63, 3.8) is 0 Å². The summed E-state index contributed by atoms with van der Waals surface area (Å²) in [4.78, 5) is 36.4. The number of hydrogen-bond acceptors (Lipinski definition) is 5. The number of thioether (sulfide) groups is 1. The molecule has 1 heterocycles. The predicted molar refractivity (Wildman–Crippen MR) is 84.1 cm³/mol. The van der Waals surface area contributed by atoms with E-state index >= 15 is 0 Å². The van der Waals surface area contributed by atoms with Gasteiger partial charge in [0.25, 0.3) is 17.1 Å². The first kappa shape index (κ1) is 16.1. The minimum Gasteiger partial charge on any atom is -0.483 e. The summed E-state index contributed by atoms with van der Waals surface area (Å²) in [7, 11) is 0. The van der Waals surface area contributed by atoms with Crippen LogP contribution in [0.15, 0.2) is 29.2 Å². The molecule has 1 fully saturated rings. The van der Waals surface area contributed by atoms with Gasteiger partial charge in [-0.25, -0.2) is 0 Å². The second kappa shape index (κ2) is 7.13. The number of benzene rings is 1. The molecule has 1 saturated heterocycles. The molecule has 0 unspecified atom stereocenters. The maximum atomic E-state index is 12.2. The molecule has 3 amide bonds. The lowest BCUT2D eigenvalue weighted by Gasteiger charge is -2.10. The molecule has 6 nitrogen and oxygen atoms in total. The topological polar surface area (TPSA) is 89.7 Å². The van der Waals surface area contributed by atoms with Crippen molar-refractivity contribution >= 4 is 34.9 Å². The molecule has 2 rings (SSSR count). The van der Waals surface area contributed by atoms with Crippen LogP contribution < -0.4 is 10.5 Å². The number of nitrogens with zero attached hydrogens (tertiary/aromatic N) is 1. The highest BCUT2D eigenvalue weighted by Gasteiger charge is 2.34. The molecule has 22 heavy (non-hydrogen) atoms. The Bertz CT molecular complexity index is 642. The molecule has 1 aliphatic heterocycles. The fourth-order valence-corrected chi connectivity index (χ4v) is 2.79. The average molecular weight is 320 g/mol. The van der Waals surface area contributed by atoms with Crippen molar-refractivity contribution < 1.29 is 19.1 Å². The normalized spacial score (nSPS) is 16.4. The third-order valence-electron chi connectivity index (χ3n) is 2.90. The molecule has 0 aliphatic carbocycles. The van der Waals surface area contributed by atoms with E-state index in [4.69, 9.17) is 10.5 Å². The number of imide groups is 1. The Morgan fingerprint density at radius 2 is 2.09 bits per heavy atom. The van der Waals surface area contributed by atoms with Gasteiger partial charge in [0.2, 0.25) is 0 Å². The van der Waals surface area contributed by atoms with Crippen LogP contribution in [0.1, 0.15) is 18.9 Å². The van der Waals surface area contributed by atoms with Gasteiger partial charge in [0, 0.05) is 12.1 Å². The van der Waals surface area contributed by atoms with Gasteiger partial charge in [-0.15, -0.1) is 0 Å². The third kappa shape index (κ3) is 3.67. The summed E-state index contributed by atoms with van der Waals surface area (Å²) < 4.78 is 5.31. The number of carbonyl (C=O) groups excluding carboxylic acids is 3. The Kier molecular flexibility index (Phi) is 5.21. The zero-order valence-electron chi connectivity index (χ0n) is 12.1. The minimum absolute atomic E-state index is 0.248. The molecular formula is C15H16N2O4S. The number of ether oxygens (including phenoxy) is 1. The SMILES string of the molecule is CCCN1C(=O)S/C(=C/c2ccccc2OCC(N)=O)C1=O. The zero-order valence-corrected chi connectivity index (χ0v) is 12.9. The van der Waals surface area contributed by atoms with Crippen molar-refractivity contribution in [1.29, 1.82) is 0 Å². The molecule has 0 radical (unpaired) electrons. The zero-order chi connectivity index (χ0) is 16.1. The highest BCUT2D eigenvalue weighted by Crippen LogP contribution is 2.33. The molecule has 0 spiro atoms. The highest BCUT2D eigenvalue weighted by atomic mass is 32.2. The summed E-state index contributed by atoms with van der Waals surface area (Å²) in [5.74, 6) is -0.455. The van der Waals surface area contributed by atoms with Gasteiger partial charge in [-0.05, 0) is 30.3 Å². The number of rotatable bonds is 6. The van der Waals surface area contributed by atoms with E-state index in [-0.39, 0.29) is 17.8 Å². The van der Waals surface area contributed by atoms with E-state index in [1.54, 1.807) is 30.3 Å². The lowest BCUT2D eigenvalue weighted by Crippen LogP contribution is -2.28. The number of amides is 3. The molecule has 0 atom stereocenters. The van der Waals surface area contributed by atoms with Gasteiger partial charge in [-0.2, -0.15) is 0 Å². The van der Waals surface area contributed by atoms with Crippen LogP contribution in [0.3, 0.4) is 0 Å². The van der Waals surface area contributed by atoms with Crippen molar-refractivity contribution in [2.45, 2.75) is 13.3 Å². The Labute approximate surface area is 132 Å². The van der Waals surface area contributed by atoms with Crippen LogP contribution in [0.2, 0.25) is 0 Å². The van der Waals surface area contributed by atoms with Gasteiger partial charge in [-0.3, -0.25) is 19.3 Å². The van der Waals surface area contributed by atoms with Crippen molar-refractivity contribution in [3.05, 3.63) is 34.7 Å². The van der Waals surface area contributed by atoms with Crippen molar-refractivity contribution in [1.82, 2.24) is 4.90 Å². The standard InChI is InChI=1S/C15H16N2O4S/c1-2-7-17-14(19)12(22-15(17)20)8-10-5-3-4-6-11(10)21-9-13(16)18/h3-6,8H,2,7,9H2,1H3,(H2,16,18)/b12-8+. The van der Waals surface area contributed by atoms with Gasteiger partial charge < -0.3 is 10.5 Å². The predicted octanol–water partition coefficient (Wildman–Crippen LogP) is 2.00. The first-order valence-corrected chi connectivity index (χ1v) is 7.60. The van der Waals surface area contributed by atoms with Crippen molar-refractivity contribution in [3.8, 4) is 5.75 Å². The van der Waals surface area contributed by atoms with Crippen molar-refractivity contribution in [2.24, 2.45) is 5.73 Å². The number of primary amides is 1. The molecule has 116 valence electrons. The number of nitrogens with two attached hydrogens (primary N) is 1. The Balaban J connectivity index is 2.24. The number of hydrogen-bond donors (Lipinski definition) is 1. The quantitative estimate of drug-likeness (QED) is 0.810. The van der Waals surface area contributed by atoms with Gasteiger partial charge >= 0.3 is 0 Å². The Morgan fingerprint density at radius 1 is 1.36 bits per heavy atom. The average Bonchev–Trinajstić information content (AvgIpc) is 2.74. The summed E-state index contributed by atoms with van der Waals surface area (Å²) in [6.45, 7) is 2.06. The monoisotopic (exact) mass is 320 g/mol. The number of carbonyl (C=O) groups is 3. The second-order valence-electron chi connectivity index (χ2n) is 4.63. The fourth-order valence-electron chi connectivity index (χ4n) is 1.94. The maximum absolute atomic E-state index is 12.2. The molecule has 0 saturated carbocycles. The molecule has 1 aromatic rings. The molecule has 1 aromatic carbocycles. The molecular weight excluding hydrogens is 304 g/mol. The van der Waals surface area contributed by atoms with E-state index in [1.165, 1.54) is 4.90 Å². The molecule has 1 aliphatic rings. The van der Waals surface area contributed by atoms with E-state index < -0.39 is 5.91 Å². The molecule has 7 heteroatoms. The van der Waals surface area contributed by atoms with E-state index in [1.807, 2.05) is 6.92 Å². The second-order valence-corrected chi connectivity index (χ2v) is 5.62. The van der Waals surface area contributed by atoms with Gasteiger partial charge in [0.15, 0.2) is 6.61 Å². The Morgan fingerprint density at radius 3 is 2.77 bits per heavy atom. The largest absolute Gasteiger partial charge is 0.483 e. The smallest absolute Gasteiger partial charge is 0.293 e. The highest BCUT2D eigenvalue weighted by molar-refractivity contribution is 8.18. The third-order valence-corrected chi connectivity index (χ3v) is 3.80. The summed E-state index contributed by atoms with van der Waals surface area (Å²) in [5.41, 5.74) is 5.67. The van der Waals surface area contributed by atoms with Crippen LogP contribution in [-0.4, -0.2) is 35.1 Å². The van der Waals surface area contributed by atoms with E-state index in [0.29, 0.717) is 29.2 Å². The Hall–Kier alpha value is -2.28. The van der Waals surface area contributed by atoms with E-state index in [9.17, 15) is 14.4 Å². The van der Waals surface area contributed by atoms with Crippen molar-refractivity contribution in [2.75, 3.05) is 13.2 Å². The fraction of sp³-hybridized carbons (Fsp3) is 0.267. The van der Waals surface area contributed by atoms with Gasteiger partial charge in [0.1, 0.15) is 5.75 Å². The van der Waals surface area contributed by atoms with Crippen LogP contribution >= 0.6 is 11.8 Å². The van der Waals surface area contributed by atoms with Crippen LogP contribution in [0.4, 0.5) is 4.79 Å². The molecule has 0 aromatic heterocycles. The first-order valence-electron chi connectivity index (χ1n) is 6.78. The maximum Gasteiger partial charge on any atom is 0.293 e. The van der Waals surface area contributed by atoms with E-state index in [0.717, 1.165) is 11.8 Å². The van der Waals surface area contributed by atoms with Crippen LogP contribution in [-0.2, 0) is 9.59 Å². The summed E-state index contributed by atoms with van der Waals surface area (Å²) in [6.07, 6.45) is 2.31. The van der Waals surface area contributed by atoms with Gasteiger partial charge in [-0.1, -0.05) is 25.1 Å². The van der Waals surface area contributed by atoms with Crippen LogP contribution in [0, 0.1) is 0 Å². The van der Waals surface area contributed by atoms with Gasteiger partial charge in [0.05, 0.1) is 4.91 Å². The van der Waals surface area contributed by atoms with E-state index in [2.05, 4.69) is 0 Å². The van der Waals surface area contributed by atoms with Crippen LogP contribution in [0.5, 0.6) is 5.75 Å². The van der Waals surface area contributed by atoms with Crippen LogP contribution in [0.25, 0.3) is 6.08 Å². The number of para-hydroxylation sites is 1. The molecule has 2 N–H and O–H groups in total. The first-order chi connectivity index (χ1) is 10.5. The summed E-state index contributed by atoms with van der Waals surface area (Å²) >= 11 is 0.901. The lowest BCUT2D eigenvalue weighted by molar-refractivity contribution is -0.123. The summed E-state index contributed by atoms with van der Waals surface area (Å²) in [6, 6.07) is 6.94. The molecule has 0 bridgehead atoms. The summed E-state index contributed by atoms with van der Waals surface area (Å²) in [5, 5.41) is -0.270.